The zero-order valence-electron chi connectivity index (χ0n) is 9.16. The highest BCUT2D eigenvalue weighted by Gasteiger charge is 2.33. The van der Waals surface area contributed by atoms with Crippen molar-refractivity contribution in [1.82, 2.24) is 4.90 Å². The number of nitrogens with zero attached hydrogens (tertiary/aromatic N) is 1. The van der Waals surface area contributed by atoms with Crippen molar-refractivity contribution in [3.8, 4) is 0 Å². The summed E-state index contributed by atoms with van der Waals surface area (Å²) in [5, 5.41) is 9.00. The van der Waals surface area contributed by atoms with E-state index >= 15 is 0 Å². The summed E-state index contributed by atoms with van der Waals surface area (Å²) >= 11 is 0. The fraction of sp³-hybridized carbons (Fsp3) is 1.00. The molecule has 1 fully saturated rings. The van der Waals surface area contributed by atoms with E-state index in [4.69, 9.17) is 5.11 Å². The summed E-state index contributed by atoms with van der Waals surface area (Å²) in [6.45, 7) is 7.99. The van der Waals surface area contributed by atoms with Gasteiger partial charge in [0.15, 0.2) is 0 Å². The Hall–Kier alpha value is -0.0800. The molecule has 78 valence electrons. The molecule has 1 heterocycles. The van der Waals surface area contributed by atoms with Crippen LogP contribution < -0.4 is 0 Å². The molecule has 0 radical (unpaired) electrons. The maximum absolute atomic E-state index is 9.00. The van der Waals surface area contributed by atoms with Gasteiger partial charge in [-0.15, -0.1) is 0 Å². The third-order valence-electron chi connectivity index (χ3n) is 3.29. The normalized spacial score (nSPS) is 30.2. The van der Waals surface area contributed by atoms with E-state index in [0.29, 0.717) is 12.6 Å². The molecule has 1 aliphatic heterocycles. The van der Waals surface area contributed by atoms with Crippen LogP contribution in [0.1, 0.15) is 40.0 Å². The Kier molecular flexibility index (Phi) is 4.20. The van der Waals surface area contributed by atoms with Crippen molar-refractivity contribution in [2.45, 2.75) is 52.1 Å². The van der Waals surface area contributed by atoms with E-state index < -0.39 is 0 Å². The fourth-order valence-electron chi connectivity index (χ4n) is 2.58. The van der Waals surface area contributed by atoms with Crippen molar-refractivity contribution in [2.24, 2.45) is 5.92 Å². The molecule has 0 aromatic carbocycles. The topological polar surface area (TPSA) is 23.5 Å². The highest BCUT2D eigenvalue weighted by atomic mass is 16.3. The predicted octanol–water partition coefficient (Wildman–Crippen LogP) is 1.88. The number of aliphatic hydroxyl groups excluding tert-OH is 1. The van der Waals surface area contributed by atoms with Gasteiger partial charge in [0.05, 0.1) is 6.61 Å². The zero-order chi connectivity index (χ0) is 9.84. The molecule has 1 aliphatic rings. The van der Waals surface area contributed by atoms with Gasteiger partial charge in [0.25, 0.3) is 0 Å². The molecule has 2 heteroatoms. The number of hydrogen-bond donors (Lipinski definition) is 1. The van der Waals surface area contributed by atoms with E-state index in [2.05, 4.69) is 25.7 Å². The smallest absolute Gasteiger partial charge is 0.0558 e. The van der Waals surface area contributed by atoms with Crippen LogP contribution in [0.25, 0.3) is 0 Å². The first-order valence-corrected chi connectivity index (χ1v) is 5.57. The summed E-state index contributed by atoms with van der Waals surface area (Å²) in [4.78, 5) is 2.50. The lowest BCUT2D eigenvalue weighted by Crippen LogP contribution is -2.40. The van der Waals surface area contributed by atoms with Crippen molar-refractivity contribution in [2.75, 3.05) is 13.2 Å². The van der Waals surface area contributed by atoms with Gasteiger partial charge in [0.1, 0.15) is 0 Å². The molecule has 2 nitrogen and oxygen atoms in total. The van der Waals surface area contributed by atoms with Crippen molar-refractivity contribution in [3.63, 3.8) is 0 Å². The molecule has 0 saturated carbocycles. The van der Waals surface area contributed by atoms with Crippen LogP contribution in [0.3, 0.4) is 0 Å². The molecule has 2 atom stereocenters. The Morgan fingerprint density at radius 2 is 2.08 bits per heavy atom. The van der Waals surface area contributed by atoms with Gasteiger partial charge in [0, 0.05) is 18.6 Å². The van der Waals surface area contributed by atoms with E-state index in [1.165, 1.54) is 19.3 Å². The molecule has 0 bridgehead atoms. The van der Waals surface area contributed by atoms with Gasteiger partial charge in [-0.3, -0.25) is 4.90 Å². The van der Waals surface area contributed by atoms with Gasteiger partial charge in [-0.25, -0.2) is 0 Å². The number of β-amino-alcohol motifs (C(OH)–C–C–N with tert-alkyl or cyclic N) is 1. The first kappa shape index (κ1) is 11.0. The Labute approximate surface area is 81.9 Å². The average Bonchev–Trinajstić information content (AvgIpc) is 2.48. The molecule has 0 aromatic heterocycles. The number of aliphatic hydroxyl groups is 1. The van der Waals surface area contributed by atoms with E-state index in [-0.39, 0.29) is 0 Å². The average molecular weight is 185 g/mol. The molecule has 0 amide bonds. The molecular weight excluding hydrogens is 162 g/mol. The SMILES string of the molecule is CCC1CCC(C(C)C)N1CCO. The van der Waals surface area contributed by atoms with Crippen LogP contribution in [0, 0.1) is 5.92 Å². The summed E-state index contributed by atoms with van der Waals surface area (Å²) in [5.41, 5.74) is 0. The fourth-order valence-corrected chi connectivity index (χ4v) is 2.58. The van der Waals surface area contributed by atoms with E-state index in [0.717, 1.165) is 18.5 Å². The van der Waals surface area contributed by atoms with Crippen LogP contribution in [0.5, 0.6) is 0 Å². The van der Waals surface area contributed by atoms with Gasteiger partial charge in [0.2, 0.25) is 0 Å². The Morgan fingerprint density at radius 1 is 1.38 bits per heavy atom. The van der Waals surface area contributed by atoms with Gasteiger partial charge < -0.3 is 5.11 Å². The van der Waals surface area contributed by atoms with Gasteiger partial charge in [-0.1, -0.05) is 20.8 Å². The Balaban J connectivity index is 2.55. The van der Waals surface area contributed by atoms with Crippen LogP contribution in [-0.2, 0) is 0 Å². The lowest BCUT2D eigenvalue weighted by atomic mass is 10.0. The van der Waals surface area contributed by atoms with E-state index in [1.54, 1.807) is 0 Å². The molecule has 0 spiro atoms. The number of hydrogen-bond acceptors (Lipinski definition) is 2. The van der Waals surface area contributed by atoms with Crippen molar-refractivity contribution in [3.05, 3.63) is 0 Å². The second kappa shape index (κ2) is 4.97. The zero-order valence-corrected chi connectivity index (χ0v) is 9.16. The van der Waals surface area contributed by atoms with E-state index in [1.807, 2.05) is 0 Å². The lowest BCUT2D eigenvalue weighted by Gasteiger charge is -2.31. The monoisotopic (exact) mass is 185 g/mol. The standard InChI is InChI=1S/C11H23NO/c1-4-10-5-6-11(9(2)3)12(10)7-8-13/h9-11,13H,4-8H2,1-3H3. The van der Waals surface area contributed by atoms with Crippen LogP contribution in [-0.4, -0.2) is 35.2 Å². The molecule has 1 rings (SSSR count). The highest BCUT2D eigenvalue weighted by molar-refractivity contribution is 4.88. The van der Waals surface area contributed by atoms with Crippen LogP contribution in [0.2, 0.25) is 0 Å². The van der Waals surface area contributed by atoms with Gasteiger partial charge in [-0.2, -0.15) is 0 Å². The van der Waals surface area contributed by atoms with Crippen LogP contribution in [0.15, 0.2) is 0 Å². The minimum absolute atomic E-state index is 0.305. The maximum atomic E-state index is 9.00. The highest BCUT2D eigenvalue weighted by Crippen LogP contribution is 2.29. The molecule has 1 N–H and O–H groups in total. The molecule has 1 saturated heterocycles. The Morgan fingerprint density at radius 3 is 2.54 bits per heavy atom. The Bertz CT molecular complexity index is 147. The molecular formula is C11H23NO. The van der Waals surface area contributed by atoms with Crippen LogP contribution >= 0.6 is 0 Å². The predicted molar refractivity (Wildman–Crippen MR) is 55.7 cm³/mol. The molecule has 0 aromatic rings. The van der Waals surface area contributed by atoms with Gasteiger partial charge >= 0.3 is 0 Å². The molecule has 0 aliphatic carbocycles. The van der Waals surface area contributed by atoms with Crippen molar-refractivity contribution in [1.29, 1.82) is 0 Å². The quantitative estimate of drug-likeness (QED) is 0.723. The number of rotatable bonds is 4. The number of likely N-dealkylation sites (tertiary alicyclic amines) is 1. The van der Waals surface area contributed by atoms with Crippen molar-refractivity contribution < 1.29 is 5.11 Å². The summed E-state index contributed by atoms with van der Waals surface area (Å²) in [6.07, 6.45) is 3.86. The minimum Gasteiger partial charge on any atom is -0.395 e. The molecule has 13 heavy (non-hydrogen) atoms. The first-order chi connectivity index (χ1) is 6.20. The largest absolute Gasteiger partial charge is 0.395 e. The second-order valence-electron chi connectivity index (χ2n) is 4.41. The maximum Gasteiger partial charge on any atom is 0.0558 e. The van der Waals surface area contributed by atoms with E-state index in [9.17, 15) is 0 Å². The molecule has 2 unspecified atom stereocenters. The first-order valence-electron chi connectivity index (χ1n) is 5.57. The minimum atomic E-state index is 0.305. The second-order valence-corrected chi connectivity index (χ2v) is 4.41. The van der Waals surface area contributed by atoms with Crippen LogP contribution in [0.4, 0.5) is 0 Å². The van der Waals surface area contributed by atoms with Gasteiger partial charge in [-0.05, 0) is 25.2 Å². The third-order valence-corrected chi connectivity index (χ3v) is 3.29. The summed E-state index contributed by atoms with van der Waals surface area (Å²) in [6, 6.07) is 1.43. The lowest BCUT2D eigenvalue weighted by molar-refractivity contribution is 0.121. The van der Waals surface area contributed by atoms with Crippen molar-refractivity contribution >= 4 is 0 Å². The summed E-state index contributed by atoms with van der Waals surface area (Å²) < 4.78 is 0. The summed E-state index contributed by atoms with van der Waals surface area (Å²) in [5.74, 6) is 0.725. The third kappa shape index (κ3) is 2.44. The summed E-state index contributed by atoms with van der Waals surface area (Å²) in [7, 11) is 0.